The lowest BCUT2D eigenvalue weighted by Gasteiger charge is -2.23. The van der Waals surface area contributed by atoms with Gasteiger partial charge >= 0.3 is 0 Å². The fourth-order valence-corrected chi connectivity index (χ4v) is 3.18. The molecule has 19 heavy (non-hydrogen) atoms. The average Bonchev–Trinajstić information content (AvgIpc) is 2.85. The van der Waals surface area contributed by atoms with E-state index >= 15 is 0 Å². The maximum absolute atomic E-state index is 12.4. The third-order valence-electron chi connectivity index (χ3n) is 3.20. The normalized spacial score (nSPS) is 13.9. The van der Waals surface area contributed by atoms with Gasteiger partial charge in [0.15, 0.2) is 0 Å². The minimum absolute atomic E-state index is 0.00402. The number of aromatic nitrogens is 2. The molecule has 0 spiro atoms. The van der Waals surface area contributed by atoms with Gasteiger partial charge in [-0.25, -0.2) is 8.42 Å². The van der Waals surface area contributed by atoms with Crippen molar-refractivity contribution in [1.82, 2.24) is 19.4 Å². The van der Waals surface area contributed by atoms with Crippen molar-refractivity contribution in [2.75, 3.05) is 20.6 Å². The molecule has 110 valence electrons. The van der Waals surface area contributed by atoms with E-state index in [1.54, 1.807) is 17.9 Å². The Morgan fingerprint density at radius 3 is 2.79 bits per heavy atom. The first-order chi connectivity index (χ1) is 8.93. The summed E-state index contributed by atoms with van der Waals surface area (Å²) in [5.74, 6) is 0. The molecular formula is C12H24N4O2S. The van der Waals surface area contributed by atoms with Crippen molar-refractivity contribution in [3.05, 3.63) is 12.4 Å². The van der Waals surface area contributed by atoms with Gasteiger partial charge in [0, 0.05) is 25.8 Å². The second-order valence-corrected chi connectivity index (χ2v) is 6.70. The Morgan fingerprint density at radius 2 is 2.21 bits per heavy atom. The molecule has 6 nitrogen and oxygen atoms in total. The summed E-state index contributed by atoms with van der Waals surface area (Å²) in [4.78, 5) is 0.258. The number of hydrogen-bond acceptors (Lipinski definition) is 4. The molecule has 1 unspecified atom stereocenters. The van der Waals surface area contributed by atoms with Gasteiger partial charge in [-0.1, -0.05) is 13.3 Å². The molecule has 1 aromatic rings. The predicted octanol–water partition coefficient (Wildman–Crippen LogP) is 0.912. The smallest absolute Gasteiger partial charge is 0.246 e. The molecule has 1 aromatic heterocycles. The van der Waals surface area contributed by atoms with E-state index in [4.69, 9.17) is 0 Å². The van der Waals surface area contributed by atoms with Crippen molar-refractivity contribution in [3.8, 4) is 0 Å². The van der Waals surface area contributed by atoms with Gasteiger partial charge in [0.1, 0.15) is 4.90 Å². The number of likely N-dealkylation sites (N-methyl/N-ethyl adjacent to an activating group) is 1. The van der Waals surface area contributed by atoms with Crippen LogP contribution in [-0.4, -0.2) is 49.2 Å². The summed E-state index contributed by atoms with van der Waals surface area (Å²) in [5.41, 5.74) is 0. The van der Waals surface area contributed by atoms with Gasteiger partial charge in [0.2, 0.25) is 10.0 Å². The highest BCUT2D eigenvalue weighted by molar-refractivity contribution is 7.89. The zero-order chi connectivity index (χ0) is 14.5. The Balaban J connectivity index is 2.84. The van der Waals surface area contributed by atoms with E-state index < -0.39 is 10.0 Å². The van der Waals surface area contributed by atoms with E-state index in [1.165, 1.54) is 10.5 Å². The van der Waals surface area contributed by atoms with Crippen LogP contribution in [-0.2, 0) is 16.6 Å². The van der Waals surface area contributed by atoms with Crippen molar-refractivity contribution in [3.63, 3.8) is 0 Å². The quantitative estimate of drug-likeness (QED) is 0.772. The molecule has 7 heteroatoms. The molecular weight excluding hydrogens is 264 g/mol. The largest absolute Gasteiger partial charge is 0.318 e. The lowest BCUT2D eigenvalue weighted by Crippen LogP contribution is -2.34. The van der Waals surface area contributed by atoms with Crippen LogP contribution in [0.3, 0.4) is 0 Å². The molecule has 1 N–H and O–H groups in total. The molecule has 0 bridgehead atoms. The van der Waals surface area contributed by atoms with Crippen molar-refractivity contribution in [2.45, 2.75) is 44.2 Å². The Hall–Kier alpha value is -0.920. The summed E-state index contributed by atoms with van der Waals surface area (Å²) >= 11 is 0. The van der Waals surface area contributed by atoms with Crippen molar-refractivity contribution in [2.24, 2.45) is 0 Å². The Kier molecular flexibility index (Phi) is 5.96. The maximum Gasteiger partial charge on any atom is 0.246 e. The maximum atomic E-state index is 12.4. The minimum Gasteiger partial charge on any atom is -0.318 e. The van der Waals surface area contributed by atoms with E-state index in [1.807, 2.05) is 20.9 Å². The SMILES string of the molecule is CCCC(C)N(C)S(=O)(=O)c1cnn(CCNC)c1. The van der Waals surface area contributed by atoms with Crippen LogP contribution in [0.15, 0.2) is 17.3 Å². The number of hydrogen-bond donors (Lipinski definition) is 1. The molecule has 0 aliphatic heterocycles. The van der Waals surface area contributed by atoms with Crippen molar-refractivity contribution in [1.29, 1.82) is 0 Å². The van der Waals surface area contributed by atoms with Gasteiger partial charge < -0.3 is 5.32 Å². The number of nitrogens with zero attached hydrogens (tertiary/aromatic N) is 3. The van der Waals surface area contributed by atoms with E-state index in [0.29, 0.717) is 6.54 Å². The van der Waals surface area contributed by atoms with Crippen LogP contribution in [0.25, 0.3) is 0 Å². The summed E-state index contributed by atoms with van der Waals surface area (Å²) in [6, 6.07) is -0.00402. The Labute approximate surface area is 115 Å². The molecule has 1 atom stereocenters. The average molecular weight is 288 g/mol. The number of rotatable bonds is 8. The Morgan fingerprint density at radius 1 is 1.53 bits per heavy atom. The van der Waals surface area contributed by atoms with E-state index in [0.717, 1.165) is 19.4 Å². The van der Waals surface area contributed by atoms with Crippen molar-refractivity contribution < 1.29 is 8.42 Å². The van der Waals surface area contributed by atoms with Crippen LogP contribution in [0.5, 0.6) is 0 Å². The van der Waals surface area contributed by atoms with Gasteiger partial charge in [-0.05, 0) is 20.4 Å². The molecule has 0 radical (unpaired) electrons. The van der Waals surface area contributed by atoms with Gasteiger partial charge in [0.25, 0.3) is 0 Å². The highest BCUT2D eigenvalue weighted by atomic mass is 32.2. The molecule has 0 aromatic carbocycles. The van der Waals surface area contributed by atoms with Crippen LogP contribution in [0.4, 0.5) is 0 Å². The first-order valence-corrected chi connectivity index (χ1v) is 8.02. The van der Waals surface area contributed by atoms with Gasteiger partial charge in [-0.2, -0.15) is 9.40 Å². The topological polar surface area (TPSA) is 67.2 Å². The van der Waals surface area contributed by atoms with Crippen LogP contribution in [0.1, 0.15) is 26.7 Å². The van der Waals surface area contributed by atoms with Crippen LogP contribution in [0, 0.1) is 0 Å². The summed E-state index contributed by atoms with van der Waals surface area (Å²) < 4.78 is 27.9. The van der Waals surface area contributed by atoms with Gasteiger partial charge in [-0.15, -0.1) is 0 Å². The van der Waals surface area contributed by atoms with Crippen LogP contribution < -0.4 is 5.32 Å². The van der Waals surface area contributed by atoms with E-state index in [9.17, 15) is 8.42 Å². The first kappa shape index (κ1) is 16.1. The highest BCUT2D eigenvalue weighted by Crippen LogP contribution is 2.17. The minimum atomic E-state index is -3.44. The zero-order valence-electron chi connectivity index (χ0n) is 12.1. The van der Waals surface area contributed by atoms with Crippen LogP contribution >= 0.6 is 0 Å². The Bertz CT molecular complexity index is 484. The molecule has 1 heterocycles. The summed E-state index contributed by atoms with van der Waals surface area (Å²) in [6.07, 6.45) is 4.81. The van der Waals surface area contributed by atoms with Crippen molar-refractivity contribution >= 4 is 10.0 Å². The lowest BCUT2D eigenvalue weighted by molar-refractivity contribution is 0.368. The van der Waals surface area contributed by atoms with E-state index in [-0.39, 0.29) is 10.9 Å². The monoisotopic (exact) mass is 288 g/mol. The molecule has 0 amide bonds. The van der Waals surface area contributed by atoms with Gasteiger partial charge in [0.05, 0.1) is 12.7 Å². The molecule has 0 saturated heterocycles. The van der Waals surface area contributed by atoms with Crippen LogP contribution in [0.2, 0.25) is 0 Å². The fourth-order valence-electron chi connectivity index (χ4n) is 1.83. The first-order valence-electron chi connectivity index (χ1n) is 6.58. The number of sulfonamides is 1. The van der Waals surface area contributed by atoms with Gasteiger partial charge in [-0.3, -0.25) is 4.68 Å². The third kappa shape index (κ3) is 4.02. The third-order valence-corrected chi connectivity index (χ3v) is 5.13. The standard InChI is InChI=1S/C12H24N4O2S/c1-5-6-11(2)15(4)19(17,18)12-9-14-16(10-12)8-7-13-3/h9-11,13H,5-8H2,1-4H3. The zero-order valence-corrected chi connectivity index (χ0v) is 12.9. The molecule has 0 aliphatic carbocycles. The summed E-state index contributed by atoms with van der Waals surface area (Å²) in [6.45, 7) is 5.38. The highest BCUT2D eigenvalue weighted by Gasteiger charge is 2.26. The molecule has 0 fully saturated rings. The summed E-state index contributed by atoms with van der Waals surface area (Å²) in [7, 11) is 0.0391. The predicted molar refractivity (Wildman–Crippen MR) is 75.5 cm³/mol. The lowest BCUT2D eigenvalue weighted by atomic mass is 10.2. The number of nitrogens with one attached hydrogen (secondary N) is 1. The molecule has 0 aliphatic rings. The van der Waals surface area contributed by atoms with E-state index in [2.05, 4.69) is 10.4 Å². The summed E-state index contributed by atoms with van der Waals surface area (Å²) in [5, 5.41) is 7.08. The second kappa shape index (κ2) is 7.02. The second-order valence-electron chi connectivity index (χ2n) is 4.70. The molecule has 1 rings (SSSR count). The fraction of sp³-hybridized carbons (Fsp3) is 0.750. The molecule has 0 saturated carbocycles.